The van der Waals surface area contributed by atoms with Crippen molar-refractivity contribution < 1.29 is 0 Å². The van der Waals surface area contributed by atoms with E-state index in [1.54, 1.807) is 0 Å². The van der Waals surface area contributed by atoms with Crippen LogP contribution in [0.25, 0.3) is 0 Å². The highest BCUT2D eigenvalue weighted by molar-refractivity contribution is 6.30. The summed E-state index contributed by atoms with van der Waals surface area (Å²) >= 11 is 5.93. The van der Waals surface area contributed by atoms with E-state index >= 15 is 0 Å². The summed E-state index contributed by atoms with van der Waals surface area (Å²) < 4.78 is 2.20. The zero-order valence-corrected chi connectivity index (χ0v) is 12.9. The van der Waals surface area contributed by atoms with Gasteiger partial charge in [-0.2, -0.15) is 0 Å². The summed E-state index contributed by atoms with van der Waals surface area (Å²) in [6.07, 6.45) is 12.0. The summed E-state index contributed by atoms with van der Waals surface area (Å²) in [7, 11) is 0. The Morgan fingerprint density at radius 1 is 1.20 bits per heavy atom. The van der Waals surface area contributed by atoms with Crippen molar-refractivity contribution in [2.75, 3.05) is 0 Å². The number of hydrogen-bond acceptors (Lipinski definition) is 1. The minimum absolute atomic E-state index is 0.722. The van der Waals surface area contributed by atoms with Crippen molar-refractivity contribution in [2.45, 2.75) is 45.6 Å². The zero-order chi connectivity index (χ0) is 14.2. The first-order chi connectivity index (χ1) is 9.78. The molecule has 1 unspecified atom stereocenters. The van der Waals surface area contributed by atoms with Gasteiger partial charge >= 0.3 is 0 Å². The van der Waals surface area contributed by atoms with E-state index < -0.39 is 0 Å². The Balaban J connectivity index is 1.87. The largest absolute Gasteiger partial charge is 0.337 e. The number of aryl methyl sites for hydroxylation is 1. The van der Waals surface area contributed by atoms with Crippen LogP contribution in [0.15, 0.2) is 43.0 Å². The molecule has 0 saturated heterocycles. The highest BCUT2D eigenvalue weighted by Gasteiger charge is 2.09. The second-order valence-electron chi connectivity index (χ2n) is 5.43. The number of benzene rings is 1. The monoisotopic (exact) mass is 290 g/mol. The van der Waals surface area contributed by atoms with Crippen molar-refractivity contribution in [3.8, 4) is 0 Å². The summed E-state index contributed by atoms with van der Waals surface area (Å²) in [6.45, 7) is 3.33. The molecule has 2 aromatic rings. The molecule has 0 aliphatic rings. The van der Waals surface area contributed by atoms with Crippen LogP contribution >= 0.6 is 11.6 Å². The lowest BCUT2D eigenvalue weighted by Gasteiger charge is -2.17. The smallest absolute Gasteiger partial charge is 0.0945 e. The third-order valence-electron chi connectivity index (χ3n) is 3.75. The van der Waals surface area contributed by atoms with E-state index in [1.165, 1.54) is 31.2 Å². The summed E-state index contributed by atoms with van der Waals surface area (Å²) in [5, 5.41) is 0.815. The summed E-state index contributed by atoms with van der Waals surface area (Å²) in [4.78, 5) is 4.13. The maximum atomic E-state index is 5.93. The normalized spacial score (nSPS) is 12.5. The van der Waals surface area contributed by atoms with Gasteiger partial charge in [0.25, 0.3) is 0 Å². The van der Waals surface area contributed by atoms with Crippen LogP contribution in [-0.4, -0.2) is 9.55 Å². The van der Waals surface area contributed by atoms with Gasteiger partial charge in [-0.1, -0.05) is 43.5 Å². The summed E-state index contributed by atoms with van der Waals surface area (Å²) in [5.41, 5.74) is 1.38. The molecule has 0 aliphatic carbocycles. The first-order valence-electron chi connectivity index (χ1n) is 7.48. The molecule has 2 rings (SSSR count). The van der Waals surface area contributed by atoms with E-state index in [9.17, 15) is 0 Å². The molecule has 1 heterocycles. The van der Waals surface area contributed by atoms with Crippen molar-refractivity contribution in [3.63, 3.8) is 0 Å². The molecule has 0 saturated carbocycles. The molecule has 3 heteroatoms. The Hall–Kier alpha value is -1.28. The minimum Gasteiger partial charge on any atom is -0.337 e. The van der Waals surface area contributed by atoms with Crippen LogP contribution in [0.5, 0.6) is 0 Å². The van der Waals surface area contributed by atoms with Gasteiger partial charge in [-0.15, -0.1) is 0 Å². The highest BCUT2D eigenvalue weighted by Crippen LogP contribution is 2.19. The molecule has 2 nitrogen and oxygen atoms in total. The van der Waals surface area contributed by atoms with Crippen molar-refractivity contribution in [3.05, 3.63) is 53.6 Å². The molecule has 1 atom stereocenters. The van der Waals surface area contributed by atoms with E-state index in [4.69, 9.17) is 11.6 Å². The maximum Gasteiger partial charge on any atom is 0.0945 e. The predicted octanol–water partition coefficient (Wildman–Crippen LogP) is 4.98. The van der Waals surface area contributed by atoms with E-state index in [-0.39, 0.29) is 0 Å². The summed E-state index contributed by atoms with van der Waals surface area (Å²) in [5.74, 6) is 0.722. The Morgan fingerprint density at radius 3 is 2.65 bits per heavy atom. The number of unbranched alkanes of at least 4 members (excludes halogenated alkanes) is 1. The van der Waals surface area contributed by atoms with Gasteiger partial charge in [0.05, 0.1) is 6.33 Å². The van der Waals surface area contributed by atoms with Crippen LogP contribution < -0.4 is 0 Å². The molecule has 0 spiro atoms. The van der Waals surface area contributed by atoms with Crippen molar-refractivity contribution >= 4 is 11.6 Å². The number of imidazole rings is 1. The average Bonchev–Trinajstić information content (AvgIpc) is 2.96. The third-order valence-corrected chi connectivity index (χ3v) is 4.00. The fourth-order valence-electron chi connectivity index (χ4n) is 2.53. The number of rotatable bonds is 8. The molecular weight excluding hydrogens is 268 g/mol. The van der Waals surface area contributed by atoms with E-state index in [2.05, 4.69) is 34.8 Å². The van der Waals surface area contributed by atoms with Crippen LogP contribution in [0.2, 0.25) is 5.02 Å². The molecular formula is C17H23ClN2. The Labute approximate surface area is 126 Å². The molecule has 0 radical (unpaired) electrons. The molecule has 0 amide bonds. The van der Waals surface area contributed by atoms with Crippen LogP contribution in [0.1, 0.15) is 38.2 Å². The van der Waals surface area contributed by atoms with Gasteiger partial charge in [0.1, 0.15) is 0 Å². The van der Waals surface area contributed by atoms with E-state index in [0.29, 0.717) is 0 Å². The number of halogens is 1. The minimum atomic E-state index is 0.722. The van der Waals surface area contributed by atoms with Gasteiger partial charge in [0.15, 0.2) is 0 Å². The molecule has 20 heavy (non-hydrogen) atoms. The van der Waals surface area contributed by atoms with Crippen LogP contribution in [0.3, 0.4) is 0 Å². The molecule has 1 aromatic heterocycles. The van der Waals surface area contributed by atoms with E-state index in [1.807, 2.05) is 24.7 Å². The van der Waals surface area contributed by atoms with Crippen LogP contribution in [0, 0.1) is 5.92 Å². The Kier molecular flexibility index (Phi) is 6.13. The van der Waals surface area contributed by atoms with Gasteiger partial charge in [-0.3, -0.25) is 0 Å². The Morgan fingerprint density at radius 2 is 2.00 bits per heavy atom. The van der Waals surface area contributed by atoms with Crippen molar-refractivity contribution in [1.29, 1.82) is 0 Å². The molecule has 0 aliphatic heterocycles. The van der Waals surface area contributed by atoms with Crippen molar-refractivity contribution in [1.82, 2.24) is 9.55 Å². The average molecular weight is 291 g/mol. The van der Waals surface area contributed by atoms with Crippen LogP contribution in [0.4, 0.5) is 0 Å². The fourth-order valence-corrected chi connectivity index (χ4v) is 2.66. The second-order valence-corrected chi connectivity index (χ2v) is 5.87. The molecule has 0 fully saturated rings. The van der Waals surface area contributed by atoms with E-state index in [0.717, 1.165) is 23.9 Å². The SMILES string of the molecule is CCCCC(CCc1ccc(Cl)cc1)Cn1ccnc1. The fraction of sp³-hybridized carbons (Fsp3) is 0.471. The Bertz CT molecular complexity index is 476. The topological polar surface area (TPSA) is 17.8 Å². The highest BCUT2D eigenvalue weighted by atomic mass is 35.5. The molecule has 0 N–H and O–H groups in total. The number of hydrogen-bond donors (Lipinski definition) is 0. The lowest BCUT2D eigenvalue weighted by molar-refractivity contribution is 0.377. The third kappa shape index (κ3) is 5.01. The quantitative estimate of drug-likeness (QED) is 0.671. The number of nitrogens with zero attached hydrogens (tertiary/aromatic N) is 2. The standard InChI is InChI=1S/C17H23ClN2/c1-2-3-4-16(13-20-12-11-19-14-20)6-5-15-7-9-17(18)10-8-15/h7-12,14,16H,2-6,13H2,1H3. The lowest BCUT2D eigenvalue weighted by atomic mass is 9.94. The van der Waals surface area contributed by atoms with Gasteiger partial charge in [-0.25, -0.2) is 4.98 Å². The first-order valence-corrected chi connectivity index (χ1v) is 7.86. The van der Waals surface area contributed by atoms with Crippen LogP contribution in [-0.2, 0) is 13.0 Å². The van der Waals surface area contributed by atoms with Crippen molar-refractivity contribution in [2.24, 2.45) is 5.92 Å². The first kappa shape index (κ1) is 15.1. The predicted molar refractivity (Wildman–Crippen MR) is 85.0 cm³/mol. The lowest BCUT2D eigenvalue weighted by Crippen LogP contribution is -2.11. The number of aromatic nitrogens is 2. The summed E-state index contributed by atoms with van der Waals surface area (Å²) in [6, 6.07) is 8.23. The molecule has 1 aromatic carbocycles. The van der Waals surface area contributed by atoms with Gasteiger partial charge in [0.2, 0.25) is 0 Å². The molecule has 0 bridgehead atoms. The second kappa shape index (κ2) is 8.11. The molecule has 108 valence electrons. The maximum absolute atomic E-state index is 5.93. The van der Waals surface area contributed by atoms with Gasteiger partial charge in [-0.05, 0) is 42.9 Å². The zero-order valence-electron chi connectivity index (χ0n) is 12.1. The van der Waals surface area contributed by atoms with Gasteiger partial charge in [0, 0.05) is 24.0 Å². The van der Waals surface area contributed by atoms with Gasteiger partial charge < -0.3 is 4.57 Å².